The van der Waals surface area contributed by atoms with E-state index in [0.717, 1.165) is 11.1 Å². The molecule has 0 fully saturated rings. The first kappa shape index (κ1) is 18.0. The van der Waals surface area contributed by atoms with Crippen LogP contribution in [0.3, 0.4) is 0 Å². The molecule has 0 radical (unpaired) electrons. The Kier molecular flexibility index (Phi) is 5.81. The van der Waals surface area contributed by atoms with Gasteiger partial charge in [-0.3, -0.25) is 4.68 Å². The molecule has 21 heavy (non-hydrogen) atoms. The van der Waals surface area contributed by atoms with E-state index in [1.165, 1.54) is 5.69 Å². The molecule has 0 N–H and O–H groups in total. The summed E-state index contributed by atoms with van der Waals surface area (Å²) in [5, 5.41) is 4.67. The van der Waals surface area contributed by atoms with Crippen LogP contribution in [0.2, 0.25) is 0 Å². The van der Waals surface area contributed by atoms with Crippen molar-refractivity contribution in [1.29, 1.82) is 0 Å². The van der Waals surface area contributed by atoms with Crippen LogP contribution in [0, 0.1) is 0 Å². The maximum Gasteiger partial charge on any atom is 0.240 e. The van der Waals surface area contributed by atoms with Crippen LogP contribution < -0.4 is 4.74 Å². The summed E-state index contributed by atoms with van der Waals surface area (Å²) in [7, 11) is 1.69. The molecule has 1 heterocycles. The predicted molar refractivity (Wildman–Crippen MR) is 83.3 cm³/mol. The summed E-state index contributed by atoms with van der Waals surface area (Å²) in [5.74, 6) is 0.704. The molecule has 0 atom stereocenters. The SMILES string of the molecule is COc1nn(C(C)C)c(C(C)(C)C)c1-c1ccccc1.[Pt]. The molecule has 0 saturated carbocycles. The van der Waals surface area contributed by atoms with Crippen molar-refractivity contribution in [2.24, 2.45) is 0 Å². The number of rotatable bonds is 3. The Morgan fingerprint density at radius 2 is 1.67 bits per heavy atom. The van der Waals surface area contributed by atoms with E-state index in [9.17, 15) is 0 Å². The minimum atomic E-state index is -0.000769. The summed E-state index contributed by atoms with van der Waals surface area (Å²) in [6, 6.07) is 10.6. The Bertz CT molecular complexity index is 583. The molecule has 0 aliphatic carbocycles. The molecule has 1 aromatic carbocycles. The largest absolute Gasteiger partial charge is 0.479 e. The van der Waals surface area contributed by atoms with E-state index >= 15 is 0 Å². The second-order valence-corrected chi connectivity index (χ2v) is 6.39. The molecule has 4 heteroatoms. The van der Waals surface area contributed by atoms with Gasteiger partial charge in [0.2, 0.25) is 5.88 Å². The van der Waals surface area contributed by atoms with Gasteiger partial charge >= 0.3 is 0 Å². The van der Waals surface area contributed by atoms with Gasteiger partial charge in [0.05, 0.1) is 18.4 Å². The topological polar surface area (TPSA) is 27.1 Å². The molecule has 3 nitrogen and oxygen atoms in total. The number of aromatic nitrogens is 2. The molecule has 118 valence electrons. The van der Waals surface area contributed by atoms with E-state index in [2.05, 4.69) is 56.5 Å². The van der Waals surface area contributed by atoms with Crippen LogP contribution in [0.15, 0.2) is 30.3 Å². The Morgan fingerprint density at radius 1 is 1.10 bits per heavy atom. The third kappa shape index (κ3) is 3.58. The van der Waals surface area contributed by atoms with E-state index < -0.39 is 0 Å². The third-order valence-electron chi connectivity index (χ3n) is 3.33. The minimum absolute atomic E-state index is 0. The summed E-state index contributed by atoms with van der Waals surface area (Å²) in [4.78, 5) is 0. The molecule has 1 aromatic heterocycles. The number of methoxy groups -OCH3 is 1. The first-order chi connectivity index (χ1) is 9.36. The van der Waals surface area contributed by atoms with E-state index in [1.54, 1.807) is 7.11 Å². The van der Waals surface area contributed by atoms with Crippen molar-refractivity contribution in [2.75, 3.05) is 7.11 Å². The van der Waals surface area contributed by atoms with Gasteiger partial charge in [0.1, 0.15) is 0 Å². The van der Waals surface area contributed by atoms with Crippen molar-refractivity contribution in [3.63, 3.8) is 0 Å². The molecule has 2 aromatic rings. The summed E-state index contributed by atoms with van der Waals surface area (Å²) in [6.07, 6.45) is 0. The average Bonchev–Trinajstić information content (AvgIpc) is 2.79. The van der Waals surface area contributed by atoms with Crippen molar-refractivity contribution in [1.82, 2.24) is 9.78 Å². The van der Waals surface area contributed by atoms with Gasteiger partial charge in [-0.1, -0.05) is 51.1 Å². The number of hydrogen-bond acceptors (Lipinski definition) is 2. The predicted octanol–water partition coefficient (Wildman–Crippen LogP) is 4.43. The third-order valence-corrected chi connectivity index (χ3v) is 3.33. The summed E-state index contributed by atoms with van der Waals surface area (Å²) < 4.78 is 7.62. The fourth-order valence-electron chi connectivity index (χ4n) is 2.51. The van der Waals surface area contributed by atoms with Crippen LogP contribution in [0.5, 0.6) is 5.88 Å². The summed E-state index contributed by atoms with van der Waals surface area (Å²) >= 11 is 0. The molecule has 0 saturated heterocycles. The first-order valence-corrected chi connectivity index (χ1v) is 7.08. The smallest absolute Gasteiger partial charge is 0.240 e. The first-order valence-electron chi connectivity index (χ1n) is 7.08. The molecule has 2 rings (SSSR count). The van der Waals surface area contributed by atoms with Crippen LogP contribution in [-0.2, 0) is 26.5 Å². The second kappa shape index (κ2) is 6.79. The van der Waals surface area contributed by atoms with Gasteiger partial charge in [-0.15, -0.1) is 5.10 Å². The van der Waals surface area contributed by atoms with Crippen molar-refractivity contribution in [2.45, 2.75) is 46.1 Å². The number of hydrogen-bond donors (Lipinski definition) is 0. The van der Waals surface area contributed by atoms with Gasteiger partial charge in [0.25, 0.3) is 0 Å². The quantitative estimate of drug-likeness (QED) is 0.668. The van der Waals surface area contributed by atoms with Gasteiger partial charge in [-0.05, 0) is 19.4 Å². The van der Waals surface area contributed by atoms with Crippen LogP contribution in [0.1, 0.15) is 46.4 Å². The Labute approximate surface area is 142 Å². The Hall–Kier alpha value is -1.08. The maximum absolute atomic E-state index is 5.53. The molecular formula is C17H24N2OPt. The van der Waals surface area contributed by atoms with E-state index in [4.69, 9.17) is 4.74 Å². The molecule has 0 spiro atoms. The van der Waals surface area contributed by atoms with Crippen molar-refractivity contribution < 1.29 is 25.8 Å². The van der Waals surface area contributed by atoms with Crippen LogP contribution in [-0.4, -0.2) is 16.9 Å². The summed E-state index contributed by atoms with van der Waals surface area (Å²) in [5.41, 5.74) is 3.48. The molecule has 0 unspecified atom stereocenters. The van der Waals surface area contributed by atoms with Gasteiger partial charge < -0.3 is 4.74 Å². The number of nitrogens with zero attached hydrogens (tertiary/aromatic N) is 2. The van der Waals surface area contributed by atoms with Crippen LogP contribution >= 0.6 is 0 Å². The monoisotopic (exact) mass is 467 g/mol. The molecular weight excluding hydrogens is 443 g/mol. The van der Waals surface area contributed by atoms with E-state index in [1.807, 2.05) is 18.2 Å². The van der Waals surface area contributed by atoms with Crippen molar-refractivity contribution >= 4 is 0 Å². The fraction of sp³-hybridized carbons (Fsp3) is 0.471. The maximum atomic E-state index is 5.53. The zero-order valence-electron chi connectivity index (χ0n) is 13.6. The molecule has 0 aliphatic heterocycles. The van der Waals surface area contributed by atoms with Crippen molar-refractivity contribution in [3.05, 3.63) is 36.0 Å². The number of ether oxygens (including phenoxy) is 1. The Balaban J connectivity index is 0.00000220. The van der Waals surface area contributed by atoms with Crippen LogP contribution in [0.4, 0.5) is 0 Å². The van der Waals surface area contributed by atoms with Gasteiger partial charge in [-0.2, -0.15) is 0 Å². The molecule has 0 aliphatic rings. The Morgan fingerprint density at radius 3 is 2.10 bits per heavy atom. The standard InChI is InChI=1S/C17H24N2O.Pt/c1-12(2)19-15(17(3,4)5)14(16(18-19)20-6)13-10-8-7-9-11-13;/h7-12H,1-6H3;. The van der Waals surface area contributed by atoms with Crippen LogP contribution in [0.25, 0.3) is 11.1 Å². The van der Waals surface area contributed by atoms with E-state index in [-0.39, 0.29) is 26.5 Å². The van der Waals surface area contributed by atoms with Gasteiger partial charge in [0, 0.05) is 32.5 Å². The van der Waals surface area contributed by atoms with Gasteiger partial charge in [0.15, 0.2) is 0 Å². The van der Waals surface area contributed by atoms with Crippen molar-refractivity contribution in [3.8, 4) is 17.0 Å². The summed E-state index contributed by atoms with van der Waals surface area (Å²) in [6.45, 7) is 10.9. The van der Waals surface area contributed by atoms with Gasteiger partial charge in [-0.25, -0.2) is 0 Å². The normalized spacial score (nSPS) is 11.4. The average molecular weight is 467 g/mol. The molecule has 0 bridgehead atoms. The zero-order chi connectivity index (χ0) is 14.9. The number of benzene rings is 1. The molecule has 0 amide bonds. The van der Waals surface area contributed by atoms with E-state index in [0.29, 0.717) is 11.9 Å². The minimum Gasteiger partial charge on any atom is -0.479 e. The second-order valence-electron chi connectivity index (χ2n) is 6.39. The fourth-order valence-corrected chi connectivity index (χ4v) is 2.51. The zero-order valence-corrected chi connectivity index (χ0v) is 15.9.